The van der Waals surface area contributed by atoms with E-state index in [1.54, 1.807) is 0 Å². The number of anilines is 1. The van der Waals surface area contributed by atoms with E-state index in [-0.39, 0.29) is 0 Å². The van der Waals surface area contributed by atoms with Crippen LogP contribution < -0.4 is 10.2 Å². The van der Waals surface area contributed by atoms with Gasteiger partial charge in [-0.15, -0.1) is 0 Å². The number of amides is 1. The number of piperidine rings is 1. The Morgan fingerprint density at radius 3 is 2.62 bits per heavy atom. The van der Waals surface area contributed by atoms with Crippen molar-refractivity contribution in [3.05, 3.63) is 48.7 Å². The zero-order valence-electron chi connectivity index (χ0n) is 13.7. The van der Waals surface area contributed by atoms with E-state index in [9.17, 15) is 4.79 Å². The zero-order valence-corrected chi connectivity index (χ0v) is 13.7. The molecule has 2 N–H and O–H groups in total. The monoisotopic (exact) mass is 325 g/mol. The van der Waals surface area contributed by atoms with Crippen LogP contribution in [0.5, 0.6) is 0 Å². The summed E-state index contributed by atoms with van der Waals surface area (Å²) in [5.74, 6) is 1.61. The molecule has 2 heterocycles. The Hall–Kier alpha value is -2.56. The molecule has 5 heteroatoms. The van der Waals surface area contributed by atoms with Crippen LogP contribution in [-0.2, 0) is 0 Å². The number of carboxylic acid groups (broad SMARTS) is 1. The average molecular weight is 325 g/mol. The molecule has 1 saturated heterocycles. The third-order valence-corrected chi connectivity index (χ3v) is 4.62. The third kappa shape index (κ3) is 4.25. The summed E-state index contributed by atoms with van der Waals surface area (Å²) >= 11 is 0. The molecule has 0 saturated carbocycles. The molecule has 0 aliphatic carbocycles. The lowest BCUT2D eigenvalue weighted by molar-refractivity contribution is 0.193. The first-order valence-corrected chi connectivity index (χ1v) is 8.45. The van der Waals surface area contributed by atoms with Crippen LogP contribution in [0, 0.1) is 5.92 Å². The van der Waals surface area contributed by atoms with E-state index in [2.05, 4.69) is 33.4 Å². The first kappa shape index (κ1) is 16.3. The normalized spacial score (nSPS) is 15.2. The number of pyridine rings is 1. The lowest BCUT2D eigenvalue weighted by atomic mass is 9.93. The largest absolute Gasteiger partial charge is 0.465 e. The Balaban J connectivity index is 1.58. The van der Waals surface area contributed by atoms with Gasteiger partial charge < -0.3 is 15.3 Å². The van der Waals surface area contributed by atoms with E-state index in [1.807, 2.05) is 30.5 Å². The minimum absolute atomic E-state index is 0.543. The van der Waals surface area contributed by atoms with E-state index in [1.165, 1.54) is 11.1 Å². The lowest BCUT2D eigenvalue weighted by Crippen LogP contribution is -2.35. The number of benzene rings is 1. The van der Waals surface area contributed by atoms with Gasteiger partial charge in [0.1, 0.15) is 5.82 Å². The highest BCUT2D eigenvalue weighted by Gasteiger charge is 2.20. The fraction of sp³-hybridized carbons (Fsp3) is 0.368. The summed E-state index contributed by atoms with van der Waals surface area (Å²) in [6, 6.07) is 14.5. The van der Waals surface area contributed by atoms with Crippen molar-refractivity contribution in [2.24, 2.45) is 5.92 Å². The maximum atomic E-state index is 10.5. The van der Waals surface area contributed by atoms with Crippen LogP contribution in [0.1, 0.15) is 19.3 Å². The standard InChI is InChI=1S/C19H23N3O2/c23-19(24)21-10-6-15-8-12-22(13-9-15)18-14-17(7-11-20-18)16-4-2-1-3-5-16/h1-5,7,11,14-15,21H,6,8-10,12-13H2,(H,23,24). The maximum Gasteiger partial charge on any atom is 0.404 e. The molecule has 1 fully saturated rings. The van der Waals surface area contributed by atoms with Gasteiger partial charge in [0, 0.05) is 25.8 Å². The molecule has 1 aromatic heterocycles. The van der Waals surface area contributed by atoms with Crippen LogP contribution >= 0.6 is 0 Å². The highest BCUT2D eigenvalue weighted by atomic mass is 16.4. The summed E-state index contributed by atoms with van der Waals surface area (Å²) in [5, 5.41) is 11.1. The van der Waals surface area contributed by atoms with Gasteiger partial charge in [0.25, 0.3) is 0 Å². The van der Waals surface area contributed by atoms with Crippen molar-refractivity contribution in [2.75, 3.05) is 24.5 Å². The summed E-state index contributed by atoms with van der Waals surface area (Å²) in [6.45, 7) is 2.49. The van der Waals surface area contributed by atoms with E-state index in [0.717, 1.165) is 38.2 Å². The van der Waals surface area contributed by atoms with E-state index in [4.69, 9.17) is 5.11 Å². The SMILES string of the molecule is O=C(O)NCCC1CCN(c2cc(-c3ccccc3)ccn2)CC1. The number of hydrogen-bond acceptors (Lipinski definition) is 3. The summed E-state index contributed by atoms with van der Waals surface area (Å²) in [5.41, 5.74) is 2.39. The number of rotatable bonds is 5. The highest BCUT2D eigenvalue weighted by Crippen LogP contribution is 2.27. The first-order valence-electron chi connectivity index (χ1n) is 8.45. The second-order valence-electron chi connectivity index (χ2n) is 6.22. The van der Waals surface area contributed by atoms with Gasteiger partial charge in [-0.2, -0.15) is 0 Å². The molecule has 5 nitrogen and oxygen atoms in total. The van der Waals surface area contributed by atoms with Gasteiger partial charge in [-0.25, -0.2) is 9.78 Å². The molecule has 2 aromatic rings. The zero-order chi connectivity index (χ0) is 16.8. The van der Waals surface area contributed by atoms with Gasteiger partial charge in [-0.05, 0) is 48.4 Å². The van der Waals surface area contributed by atoms with Crippen LogP contribution in [0.3, 0.4) is 0 Å². The molecule has 126 valence electrons. The minimum Gasteiger partial charge on any atom is -0.465 e. The molecule has 1 aromatic carbocycles. The molecular formula is C19H23N3O2. The first-order chi connectivity index (χ1) is 11.7. The van der Waals surface area contributed by atoms with E-state index >= 15 is 0 Å². The lowest BCUT2D eigenvalue weighted by Gasteiger charge is -2.33. The molecule has 0 unspecified atom stereocenters. The second kappa shape index (κ2) is 7.81. The van der Waals surface area contributed by atoms with Gasteiger partial charge >= 0.3 is 6.09 Å². The summed E-state index contributed by atoms with van der Waals surface area (Å²) in [7, 11) is 0. The van der Waals surface area contributed by atoms with Gasteiger partial charge in [0.05, 0.1) is 0 Å². The van der Waals surface area contributed by atoms with Crippen LogP contribution in [0.15, 0.2) is 48.7 Å². The van der Waals surface area contributed by atoms with Crippen molar-refractivity contribution < 1.29 is 9.90 Å². The summed E-state index contributed by atoms with van der Waals surface area (Å²) in [6.07, 6.45) is 4.02. The minimum atomic E-state index is -0.936. The molecule has 24 heavy (non-hydrogen) atoms. The maximum absolute atomic E-state index is 10.5. The molecule has 0 spiro atoms. The molecule has 1 aliphatic heterocycles. The highest BCUT2D eigenvalue weighted by molar-refractivity contribution is 5.66. The van der Waals surface area contributed by atoms with Crippen LogP contribution in [0.4, 0.5) is 10.6 Å². The summed E-state index contributed by atoms with van der Waals surface area (Å²) in [4.78, 5) is 17.4. The fourth-order valence-electron chi connectivity index (χ4n) is 3.24. The molecule has 0 atom stereocenters. The molecular weight excluding hydrogens is 302 g/mol. The van der Waals surface area contributed by atoms with Crippen molar-refractivity contribution in [1.82, 2.24) is 10.3 Å². The smallest absolute Gasteiger partial charge is 0.404 e. The number of nitrogens with one attached hydrogen (secondary N) is 1. The predicted octanol–water partition coefficient (Wildman–Crippen LogP) is 3.62. The van der Waals surface area contributed by atoms with Gasteiger partial charge in [0.15, 0.2) is 0 Å². The fourth-order valence-corrected chi connectivity index (χ4v) is 3.24. The Kier molecular flexibility index (Phi) is 5.31. The third-order valence-electron chi connectivity index (χ3n) is 4.62. The Labute approximate surface area is 142 Å². The van der Waals surface area contributed by atoms with E-state index in [0.29, 0.717) is 12.5 Å². The molecule has 3 rings (SSSR count). The number of hydrogen-bond donors (Lipinski definition) is 2. The Morgan fingerprint density at radius 1 is 1.17 bits per heavy atom. The molecule has 0 radical (unpaired) electrons. The van der Waals surface area contributed by atoms with Crippen molar-refractivity contribution >= 4 is 11.9 Å². The van der Waals surface area contributed by atoms with Gasteiger partial charge in [-0.3, -0.25) is 0 Å². The van der Waals surface area contributed by atoms with E-state index < -0.39 is 6.09 Å². The molecule has 0 bridgehead atoms. The molecule has 1 amide bonds. The van der Waals surface area contributed by atoms with Crippen molar-refractivity contribution in [2.45, 2.75) is 19.3 Å². The average Bonchev–Trinajstić information content (AvgIpc) is 2.63. The number of nitrogens with zero attached hydrogens (tertiary/aromatic N) is 2. The van der Waals surface area contributed by atoms with Gasteiger partial charge in [-0.1, -0.05) is 30.3 Å². The number of carbonyl (C=O) groups is 1. The van der Waals surface area contributed by atoms with Crippen LogP contribution in [0.2, 0.25) is 0 Å². The number of aromatic nitrogens is 1. The second-order valence-corrected chi connectivity index (χ2v) is 6.22. The molecule has 1 aliphatic rings. The van der Waals surface area contributed by atoms with Gasteiger partial charge in [0.2, 0.25) is 0 Å². The van der Waals surface area contributed by atoms with Crippen molar-refractivity contribution in [1.29, 1.82) is 0 Å². The quantitative estimate of drug-likeness (QED) is 0.881. The Bertz CT molecular complexity index is 667. The van der Waals surface area contributed by atoms with Crippen molar-refractivity contribution in [3.63, 3.8) is 0 Å². The van der Waals surface area contributed by atoms with Crippen LogP contribution in [-0.4, -0.2) is 35.8 Å². The Morgan fingerprint density at radius 2 is 1.92 bits per heavy atom. The topological polar surface area (TPSA) is 65.5 Å². The summed E-state index contributed by atoms with van der Waals surface area (Å²) < 4.78 is 0. The van der Waals surface area contributed by atoms with Crippen LogP contribution in [0.25, 0.3) is 11.1 Å². The predicted molar refractivity (Wildman–Crippen MR) is 95.3 cm³/mol. The van der Waals surface area contributed by atoms with Crippen molar-refractivity contribution in [3.8, 4) is 11.1 Å².